The van der Waals surface area contributed by atoms with E-state index in [-0.39, 0.29) is 18.5 Å². The molecular weight excluding hydrogens is 194 g/mol. The summed E-state index contributed by atoms with van der Waals surface area (Å²) < 4.78 is 0. The minimum Gasteiger partial charge on any atom is -0.392 e. The van der Waals surface area contributed by atoms with E-state index in [9.17, 15) is 4.79 Å². The van der Waals surface area contributed by atoms with Crippen LogP contribution in [0.3, 0.4) is 0 Å². The molecule has 1 unspecified atom stereocenters. The highest BCUT2D eigenvalue weighted by Gasteiger charge is 2.25. The predicted octanol–water partition coefficient (Wildman–Crippen LogP) is 1.01. The Labute approximate surface area is 87.2 Å². The molecule has 0 bridgehead atoms. The number of hydrogen-bond donors (Lipinski definition) is 1. The van der Waals surface area contributed by atoms with Gasteiger partial charge in [-0.05, 0) is 0 Å². The Balaban J connectivity index is 2.11. The molecule has 1 aromatic rings. The summed E-state index contributed by atoms with van der Waals surface area (Å²) in [6.07, 6.45) is 0.0113. The normalized spacial score (nSPS) is 19.5. The van der Waals surface area contributed by atoms with Crippen molar-refractivity contribution in [3.63, 3.8) is 0 Å². The van der Waals surface area contributed by atoms with E-state index in [1.165, 1.54) is 0 Å². The van der Waals surface area contributed by atoms with Crippen LogP contribution in [0.2, 0.25) is 0 Å². The Morgan fingerprint density at radius 1 is 1.47 bits per heavy atom. The van der Waals surface area contributed by atoms with Gasteiger partial charge in [-0.1, -0.05) is 35.5 Å². The van der Waals surface area contributed by atoms with E-state index >= 15 is 0 Å². The van der Waals surface area contributed by atoms with Gasteiger partial charge in [-0.15, -0.1) is 0 Å². The molecule has 1 heterocycles. The molecule has 0 saturated carbocycles. The largest absolute Gasteiger partial charge is 0.392 e. The van der Waals surface area contributed by atoms with Gasteiger partial charge in [-0.3, -0.25) is 4.79 Å². The van der Waals surface area contributed by atoms with E-state index in [1.807, 2.05) is 6.07 Å². The van der Waals surface area contributed by atoms with E-state index < -0.39 is 0 Å². The van der Waals surface area contributed by atoms with Crippen LogP contribution in [0, 0.1) is 0 Å². The van der Waals surface area contributed by atoms with Crippen LogP contribution in [0.25, 0.3) is 0 Å². The summed E-state index contributed by atoms with van der Waals surface area (Å²) in [5.41, 5.74) is 0.971. The maximum absolute atomic E-state index is 11.8. The fraction of sp³-hybridized carbons (Fsp3) is 0.273. The van der Waals surface area contributed by atoms with E-state index in [1.54, 1.807) is 24.3 Å². The summed E-state index contributed by atoms with van der Waals surface area (Å²) in [5.74, 6) is -0.133. The van der Waals surface area contributed by atoms with Gasteiger partial charge in [0, 0.05) is 12.0 Å². The Bertz CT molecular complexity index is 386. The average molecular weight is 205 g/mol. The van der Waals surface area contributed by atoms with Crippen molar-refractivity contribution in [1.29, 1.82) is 0 Å². The molecule has 78 valence electrons. The van der Waals surface area contributed by atoms with Gasteiger partial charge in [-0.25, -0.2) is 0 Å². The van der Waals surface area contributed by atoms with Crippen LogP contribution in [0.5, 0.6) is 0 Å². The van der Waals surface area contributed by atoms with Crippen LogP contribution in [0.15, 0.2) is 35.5 Å². The van der Waals surface area contributed by atoms with Crippen molar-refractivity contribution in [2.24, 2.45) is 5.16 Å². The van der Waals surface area contributed by atoms with E-state index in [0.29, 0.717) is 17.7 Å². The van der Waals surface area contributed by atoms with Crippen molar-refractivity contribution in [1.82, 2.24) is 0 Å². The van der Waals surface area contributed by atoms with Crippen molar-refractivity contribution in [3.8, 4) is 0 Å². The fourth-order valence-corrected chi connectivity index (χ4v) is 1.42. The van der Waals surface area contributed by atoms with E-state index in [4.69, 9.17) is 9.94 Å². The van der Waals surface area contributed by atoms with Crippen LogP contribution in [-0.2, 0) is 4.84 Å². The minimum atomic E-state index is -0.368. The third-order valence-corrected chi connectivity index (χ3v) is 2.23. The summed E-state index contributed by atoms with van der Waals surface area (Å²) in [6.45, 7) is -0.116. The van der Waals surface area contributed by atoms with Gasteiger partial charge in [-0.2, -0.15) is 0 Å². The summed E-state index contributed by atoms with van der Waals surface area (Å²) in [7, 11) is 0. The summed E-state index contributed by atoms with van der Waals surface area (Å²) in [4.78, 5) is 16.7. The monoisotopic (exact) mass is 205 g/mol. The van der Waals surface area contributed by atoms with Gasteiger partial charge < -0.3 is 9.94 Å². The van der Waals surface area contributed by atoms with Gasteiger partial charge in [0.2, 0.25) is 5.78 Å². The standard InChI is InChI=1S/C11H11NO3/c13-7-9-6-10(12-15-9)11(14)8-4-2-1-3-5-8/h1-5,9,13H,6-7H2. The Hall–Kier alpha value is -1.68. The maximum atomic E-state index is 11.8. The molecular formula is C11H11NO3. The number of aliphatic hydroxyl groups excluding tert-OH is 1. The summed E-state index contributed by atoms with van der Waals surface area (Å²) in [6, 6.07) is 8.91. The second kappa shape index (κ2) is 4.23. The second-order valence-corrected chi connectivity index (χ2v) is 3.35. The maximum Gasteiger partial charge on any atom is 0.210 e. The zero-order valence-corrected chi connectivity index (χ0v) is 8.09. The number of ketones is 1. The van der Waals surface area contributed by atoms with E-state index in [0.717, 1.165) is 0 Å². The molecule has 4 heteroatoms. The molecule has 1 aliphatic rings. The highest BCUT2D eigenvalue weighted by Crippen LogP contribution is 2.13. The number of carbonyl (C=O) groups is 1. The molecule has 0 saturated heterocycles. The zero-order valence-electron chi connectivity index (χ0n) is 8.09. The number of rotatable bonds is 3. The lowest BCUT2D eigenvalue weighted by atomic mass is 10.0. The van der Waals surface area contributed by atoms with Crippen LogP contribution in [-0.4, -0.2) is 29.3 Å². The van der Waals surface area contributed by atoms with Crippen LogP contribution in [0.4, 0.5) is 0 Å². The van der Waals surface area contributed by atoms with Crippen molar-refractivity contribution < 1.29 is 14.7 Å². The third kappa shape index (κ3) is 2.05. The smallest absolute Gasteiger partial charge is 0.210 e. The quantitative estimate of drug-likeness (QED) is 0.749. The third-order valence-electron chi connectivity index (χ3n) is 2.23. The molecule has 0 aromatic heterocycles. The molecule has 0 radical (unpaired) electrons. The van der Waals surface area contributed by atoms with Gasteiger partial charge in [0.05, 0.1) is 6.61 Å². The Morgan fingerprint density at radius 3 is 2.80 bits per heavy atom. The topological polar surface area (TPSA) is 58.9 Å². The van der Waals surface area contributed by atoms with Crippen LogP contribution in [0.1, 0.15) is 16.8 Å². The Kier molecular flexibility index (Phi) is 2.78. The molecule has 0 spiro atoms. The molecule has 0 amide bonds. The number of aliphatic hydroxyl groups is 1. The lowest BCUT2D eigenvalue weighted by Crippen LogP contribution is -2.17. The number of nitrogens with zero attached hydrogens (tertiary/aromatic N) is 1. The molecule has 1 atom stereocenters. The van der Waals surface area contributed by atoms with E-state index in [2.05, 4.69) is 5.16 Å². The molecule has 4 nitrogen and oxygen atoms in total. The first-order valence-corrected chi connectivity index (χ1v) is 4.74. The lowest BCUT2D eigenvalue weighted by molar-refractivity contribution is 0.0390. The summed E-state index contributed by atoms with van der Waals surface area (Å²) >= 11 is 0. The number of hydrogen-bond acceptors (Lipinski definition) is 4. The molecule has 2 rings (SSSR count). The molecule has 1 aliphatic heterocycles. The molecule has 1 N–H and O–H groups in total. The first-order chi connectivity index (χ1) is 7.31. The van der Waals surface area contributed by atoms with Crippen molar-refractivity contribution in [2.75, 3.05) is 6.61 Å². The molecule has 15 heavy (non-hydrogen) atoms. The van der Waals surface area contributed by atoms with Gasteiger partial charge in [0.15, 0.2) is 6.10 Å². The number of benzene rings is 1. The van der Waals surface area contributed by atoms with Gasteiger partial charge in [0.1, 0.15) is 5.71 Å². The first kappa shape index (κ1) is 9.86. The SMILES string of the molecule is O=C(C1=NOC(CO)C1)c1ccccc1. The van der Waals surface area contributed by atoms with Crippen molar-refractivity contribution >= 4 is 11.5 Å². The summed E-state index contributed by atoms with van der Waals surface area (Å²) in [5, 5.41) is 12.5. The highest BCUT2D eigenvalue weighted by atomic mass is 16.6. The minimum absolute atomic E-state index is 0.116. The first-order valence-electron chi connectivity index (χ1n) is 4.74. The van der Waals surface area contributed by atoms with Crippen LogP contribution >= 0.6 is 0 Å². The Morgan fingerprint density at radius 2 is 2.20 bits per heavy atom. The molecule has 0 aliphatic carbocycles. The van der Waals surface area contributed by atoms with Crippen molar-refractivity contribution in [3.05, 3.63) is 35.9 Å². The fourth-order valence-electron chi connectivity index (χ4n) is 1.42. The average Bonchev–Trinajstić information content (AvgIpc) is 2.78. The lowest BCUT2D eigenvalue weighted by Gasteiger charge is -2.01. The number of oxime groups is 1. The van der Waals surface area contributed by atoms with Crippen molar-refractivity contribution in [2.45, 2.75) is 12.5 Å². The predicted molar refractivity (Wildman–Crippen MR) is 54.8 cm³/mol. The number of Topliss-reactive ketones (excluding diaryl/α,β-unsaturated/α-hetero) is 1. The van der Waals surface area contributed by atoms with Gasteiger partial charge >= 0.3 is 0 Å². The number of carbonyl (C=O) groups excluding carboxylic acids is 1. The molecule has 1 aromatic carbocycles. The van der Waals surface area contributed by atoms with Crippen LogP contribution < -0.4 is 0 Å². The zero-order chi connectivity index (χ0) is 10.7. The highest BCUT2D eigenvalue weighted by molar-refractivity contribution is 6.46. The molecule has 0 fully saturated rings. The second-order valence-electron chi connectivity index (χ2n) is 3.35. The van der Waals surface area contributed by atoms with Gasteiger partial charge in [0.25, 0.3) is 0 Å².